The van der Waals surface area contributed by atoms with E-state index in [-0.39, 0.29) is 5.75 Å². The smallest absolute Gasteiger partial charge is 0.209 e. The van der Waals surface area contributed by atoms with Crippen molar-refractivity contribution in [2.45, 2.75) is 19.3 Å². The Kier molecular flexibility index (Phi) is 5.94. The van der Waals surface area contributed by atoms with Crippen LogP contribution in [0.1, 0.15) is 19.3 Å². The number of ether oxygens (including phenoxy) is 1. The van der Waals surface area contributed by atoms with Crippen LogP contribution in [0, 0.1) is 0 Å². The minimum absolute atomic E-state index is 0.0469. The molecule has 1 rings (SSSR count). The number of hydrogen-bond donors (Lipinski definition) is 1. The number of sulfonamides is 1. The topological polar surface area (TPSA) is 69.4 Å². The molecular formula is C11H16BrNO3S. The second-order valence-electron chi connectivity index (χ2n) is 3.73. The first kappa shape index (κ1) is 14.5. The zero-order chi connectivity index (χ0) is 12.7. The molecule has 1 aromatic carbocycles. The van der Waals surface area contributed by atoms with Crippen molar-refractivity contribution in [1.29, 1.82) is 0 Å². The molecule has 0 aliphatic rings. The minimum atomic E-state index is -3.31. The Balaban J connectivity index is 2.10. The molecular weight excluding hydrogens is 306 g/mol. The van der Waals surface area contributed by atoms with E-state index in [9.17, 15) is 8.42 Å². The molecule has 0 aromatic heterocycles. The molecule has 0 heterocycles. The zero-order valence-electron chi connectivity index (χ0n) is 9.43. The van der Waals surface area contributed by atoms with Gasteiger partial charge >= 0.3 is 0 Å². The van der Waals surface area contributed by atoms with Gasteiger partial charge in [0, 0.05) is 4.47 Å². The molecule has 0 spiro atoms. The summed E-state index contributed by atoms with van der Waals surface area (Å²) in [5.41, 5.74) is 0. The molecule has 96 valence electrons. The van der Waals surface area contributed by atoms with Crippen LogP contribution in [-0.2, 0) is 10.0 Å². The summed E-state index contributed by atoms with van der Waals surface area (Å²) in [6.45, 7) is 0.590. The Morgan fingerprint density at radius 2 is 1.76 bits per heavy atom. The van der Waals surface area contributed by atoms with Gasteiger partial charge in [0.1, 0.15) is 5.75 Å². The molecule has 0 aliphatic carbocycles. The fraction of sp³-hybridized carbons (Fsp3) is 0.455. The summed E-state index contributed by atoms with van der Waals surface area (Å²) in [7, 11) is -3.31. The lowest BCUT2D eigenvalue weighted by molar-refractivity contribution is 0.306. The van der Waals surface area contributed by atoms with Crippen molar-refractivity contribution in [2.24, 2.45) is 5.14 Å². The molecule has 4 nitrogen and oxygen atoms in total. The van der Waals surface area contributed by atoms with Gasteiger partial charge in [-0.2, -0.15) is 0 Å². The van der Waals surface area contributed by atoms with E-state index in [1.165, 1.54) is 0 Å². The third-order valence-corrected chi connectivity index (χ3v) is 3.54. The van der Waals surface area contributed by atoms with E-state index in [2.05, 4.69) is 15.9 Å². The maximum Gasteiger partial charge on any atom is 0.209 e. The molecule has 0 unspecified atom stereocenters. The van der Waals surface area contributed by atoms with Gasteiger partial charge in [0.25, 0.3) is 0 Å². The van der Waals surface area contributed by atoms with Crippen molar-refractivity contribution in [3.8, 4) is 5.75 Å². The van der Waals surface area contributed by atoms with E-state index >= 15 is 0 Å². The van der Waals surface area contributed by atoms with Gasteiger partial charge in [-0.3, -0.25) is 0 Å². The summed E-state index contributed by atoms with van der Waals surface area (Å²) in [5, 5.41) is 4.89. The molecule has 0 fully saturated rings. The number of halogens is 1. The lowest BCUT2D eigenvalue weighted by Crippen LogP contribution is -2.16. The van der Waals surface area contributed by atoms with Gasteiger partial charge in [0.2, 0.25) is 10.0 Å². The van der Waals surface area contributed by atoms with Crippen LogP contribution in [0.3, 0.4) is 0 Å². The molecule has 0 bridgehead atoms. The highest BCUT2D eigenvalue weighted by Gasteiger charge is 2.01. The van der Waals surface area contributed by atoms with E-state index < -0.39 is 10.0 Å². The Hall–Kier alpha value is -0.590. The number of primary sulfonamides is 1. The standard InChI is InChI=1S/C11H16BrNO3S/c12-10-4-6-11(7-5-10)16-8-2-1-3-9-17(13,14)15/h4-7H,1-3,8-9H2,(H2,13,14,15). The van der Waals surface area contributed by atoms with Crippen LogP contribution in [0.5, 0.6) is 5.75 Å². The Bertz CT molecular complexity index is 431. The van der Waals surface area contributed by atoms with Gasteiger partial charge in [0.05, 0.1) is 12.4 Å². The van der Waals surface area contributed by atoms with Crippen molar-refractivity contribution in [1.82, 2.24) is 0 Å². The summed E-state index contributed by atoms with van der Waals surface area (Å²) >= 11 is 3.34. The van der Waals surface area contributed by atoms with Gasteiger partial charge in [-0.1, -0.05) is 15.9 Å². The van der Waals surface area contributed by atoms with Crippen LogP contribution in [0.2, 0.25) is 0 Å². The van der Waals surface area contributed by atoms with Crippen molar-refractivity contribution in [2.75, 3.05) is 12.4 Å². The number of rotatable bonds is 7. The van der Waals surface area contributed by atoms with Crippen molar-refractivity contribution < 1.29 is 13.2 Å². The highest BCUT2D eigenvalue weighted by Crippen LogP contribution is 2.16. The molecule has 0 saturated heterocycles. The predicted octanol–water partition coefficient (Wildman–Crippen LogP) is 2.29. The molecule has 0 amide bonds. The van der Waals surface area contributed by atoms with Crippen LogP contribution >= 0.6 is 15.9 Å². The molecule has 0 radical (unpaired) electrons. The largest absolute Gasteiger partial charge is 0.494 e. The first-order valence-corrected chi connectivity index (χ1v) is 7.87. The monoisotopic (exact) mass is 321 g/mol. The van der Waals surface area contributed by atoms with Gasteiger partial charge in [-0.15, -0.1) is 0 Å². The Morgan fingerprint density at radius 1 is 1.12 bits per heavy atom. The number of benzene rings is 1. The molecule has 2 N–H and O–H groups in total. The quantitative estimate of drug-likeness (QED) is 0.783. The number of hydrogen-bond acceptors (Lipinski definition) is 3. The second kappa shape index (κ2) is 6.98. The zero-order valence-corrected chi connectivity index (χ0v) is 11.8. The molecule has 17 heavy (non-hydrogen) atoms. The molecule has 1 aromatic rings. The van der Waals surface area contributed by atoms with E-state index in [0.29, 0.717) is 13.0 Å². The summed E-state index contributed by atoms with van der Waals surface area (Å²) in [5.74, 6) is 0.866. The average molecular weight is 322 g/mol. The summed E-state index contributed by atoms with van der Waals surface area (Å²) in [6, 6.07) is 7.59. The fourth-order valence-electron chi connectivity index (χ4n) is 1.30. The van der Waals surface area contributed by atoms with Gasteiger partial charge in [0.15, 0.2) is 0 Å². The lowest BCUT2D eigenvalue weighted by Gasteiger charge is -2.05. The van der Waals surface area contributed by atoms with Crippen LogP contribution in [0.25, 0.3) is 0 Å². The lowest BCUT2D eigenvalue weighted by atomic mass is 10.3. The van der Waals surface area contributed by atoms with Gasteiger partial charge in [-0.25, -0.2) is 13.6 Å². The SMILES string of the molecule is NS(=O)(=O)CCCCCOc1ccc(Br)cc1. The summed E-state index contributed by atoms with van der Waals surface area (Å²) in [6.07, 6.45) is 2.21. The predicted molar refractivity (Wildman–Crippen MR) is 71.5 cm³/mol. The van der Waals surface area contributed by atoms with Crippen molar-refractivity contribution in [3.63, 3.8) is 0 Å². The molecule has 6 heteroatoms. The number of nitrogens with two attached hydrogens (primary N) is 1. The molecule has 0 atom stereocenters. The first-order chi connectivity index (χ1) is 7.97. The van der Waals surface area contributed by atoms with Crippen molar-refractivity contribution >= 4 is 26.0 Å². The highest BCUT2D eigenvalue weighted by molar-refractivity contribution is 9.10. The van der Waals surface area contributed by atoms with Crippen LogP contribution < -0.4 is 9.88 Å². The summed E-state index contributed by atoms with van der Waals surface area (Å²) < 4.78 is 27.8. The van der Waals surface area contributed by atoms with Crippen LogP contribution in [-0.4, -0.2) is 20.8 Å². The summed E-state index contributed by atoms with van der Waals surface area (Å²) in [4.78, 5) is 0. The van der Waals surface area contributed by atoms with Crippen molar-refractivity contribution in [3.05, 3.63) is 28.7 Å². The van der Waals surface area contributed by atoms with Crippen LogP contribution in [0.15, 0.2) is 28.7 Å². The highest BCUT2D eigenvalue weighted by atomic mass is 79.9. The minimum Gasteiger partial charge on any atom is -0.494 e. The fourth-order valence-corrected chi connectivity index (χ4v) is 2.17. The van der Waals surface area contributed by atoms with Gasteiger partial charge < -0.3 is 4.74 Å². The molecule has 0 saturated carbocycles. The van der Waals surface area contributed by atoms with E-state index in [0.717, 1.165) is 23.1 Å². The number of unbranched alkanes of at least 4 members (excludes halogenated alkanes) is 2. The first-order valence-electron chi connectivity index (χ1n) is 5.36. The average Bonchev–Trinajstić information content (AvgIpc) is 2.24. The Labute approximate surface area is 110 Å². The maximum atomic E-state index is 10.7. The van der Waals surface area contributed by atoms with E-state index in [4.69, 9.17) is 9.88 Å². The van der Waals surface area contributed by atoms with Gasteiger partial charge in [-0.05, 0) is 43.5 Å². The van der Waals surface area contributed by atoms with E-state index in [1.807, 2.05) is 24.3 Å². The second-order valence-corrected chi connectivity index (χ2v) is 6.38. The molecule has 0 aliphatic heterocycles. The maximum absolute atomic E-state index is 10.7. The van der Waals surface area contributed by atoms with Crippen LogP contribution in [0.4, 0.5) is 0 Å². The Morgan fingerprint density at radius 3 is 2.35 bits per heavy atom. The third-order valence-electron chi connectivity index (χ3n) is 2.16. The normalized spacial score (nSPS) is 11.4. The van der Waals surface area contributed by atoms with E-state index in [1.54, 1.807) is 0 Å². The third kappa shape index (κ3) is 7.36.